The van der Waals surface area contributed by atoms with Gasteiger partial charge in [0.1, 0.15) is 5.75 Å². The predicted octanol–water partition coefficient (Wildman–Crippen LogP) is 5.12. The summed E-state index contributed by atoms with van der Waals surface area (Å²) < 4.78 is 5.34. The van der Waals surface area contributed by atoms with Gasteiger partial charge in [0.25, 0.3) is 0 Å². The molecule has 2 heterocycles. The van der Waals surface area contributed by atoms with Gasteiger partial charge in [-0.1, -0.05) is 35.3 Å². The Morgan fingerprint density at radius 2 is 2.07 bits per heavy atom. The van der Waals surface area contributed by atoms with Crippen LogP contribution in [0.15, 0.2) is 47.8 Å². The van der Waals surface area contributed by atoms with Crippen LogP contribution in [0, 0.1) is 5.92 Å². The van der Waals surface area contributed by atoms with E-state index in [1.165, 1.54) is 11.3 Å². The van der Waals surface area contributed by atoms with Crippen LogP contribution in [0.4, 0.5) is 10.8 Å². The SMILES string of the molecule is COc1ccccc1N1CC(C(=O)Nc2nc(-c3ccc(Cl)cc3Cl)cs2)CC1=O. The van der Waals surface area contributed by atoms with Crippen molar-refractivity contribution in [2.45, 2.75) is 6.42 Å². The Balaban J connectivity index is 1.46. The summed E-state index contributed by atoms with van der Waals surface area (Å²) in [5, 5.41) is 6.10. The van der Waals surface area contributed by atoms with Gasteiger partial charge in [0, 0.05) is 28.9 Å². The number of hydrogen-bond acceptors (Lipinski definition) is 5. The highest BCUT2D eigenvalue weighted by atomic mass is 35.5. The van der Waals surface area contributed by atoms with Crippen molar-refractivity contribution < 1.29 is 14.3 Å². The van der Waals surface area contributed by atoms with E-state index in [9.17, 15) is 9.59 Å². The number of thiazole rings is 1. The second-order valence-electron chi connectivity index (χ2n) is 6.73. The molecule has 0 bridgehead atoms. The van der Waals surface area contributed by atoms with Crippen molar-refractivity contribution in [1.29, 1.82) is 0 Å². The molecule has 0 aliphatic carbocycles. The van der Waals surface area contributed by atoms with Gasteiger partial charge in [-0.3, -0.25) is 9.59 Å². The Bertz CT molecular complexity index is 1120. The maximum atomic E-state index is 12.8. The number of nitrogens with one attached hydrogen (secondary N) is 1. The van der Waals surface area contributed by atoms with Gasteiger partial charge in [-0.25, -0.2) is 4.98 Å². The fraction of sp³-hybridized carbons (Fsp3) is 0.190. The largest absolute Gasteiger partial charge is 0.495 e. The first-order valence-electron chi connectivity index (χ1n) is 9.11. The first-order chi connectivity index (χ1) is 14.5. The van der Waals surface area contributed by atoms with E-state index in [1.54, 1.807) is 42.3 Å². The lowest BCUT2D eigenvalue weighted by Crippen LogP contribution is -2.28. The number of para-hydroxylation sites is 2. The molecule has 6 nitrogen and oxygen atoms in total. The number of carbonyl (C=O) groups is 2. The average molecular weight is 462 g/mol. The van der Waals surface area contributed by atoms with Crippen LogP contribution in [0.2, 0.25) is 10.0 Å². The van der Waals surface area contributed by atoms with Crippen LogP contribution in [0.25, 0.3) is 11.3 Å². The first kappa shape index (κ1) is 20.7. The van der Waals surface area contributed by atoms with Gasteiger partial charge in [-0.2, -0.15) is 0 Å². The van der Waals surface area contributed by atoms with E-state index in [0.29, 0.717) is 32.3 Å². The number of carbonyl (C=O) groups excluding carboxylic acids is 2. The molecule has 1 aliphatic rings. The highest BCUT2D eigenvalue weighted by molar-refractivity contribution is 7.14. The minimum Gasteiger partial charge on any atom is -0.495 e. The van der Waals surface area contributed by atoms with E-state index >= 15 is 0 Å². The number of benzene rings is 2. The molecule has 1 atom stereocenters. The molecule has 1 aromatic heterocycles. The molecule has 1 aliphatic heterocycles. The third kappa shape index (κ3) is 4.14. The number of halogens is 2. The molecular weight excluding hydrogens is 445 g/mol. The van der Waals surface area contributed by atoms with Crippen molar-refractivity contribution in [3.63, 3.8) is 0 Å². The lowest BCUT2D eigenvalue weighted by atomic mass is 10.1. The van der Waals surface area contributed by atoms with E-state index in [2.05, 4.69) is 10.3 Å². The Morgan fingerprint density at radius 3 is 2.83 bits per heavy atom. The minimum atomic E-state index is -0.478. The number of rotatable bonds is 5. The summed E-state index contributed by atoms with van der Waals surface area (Å²) in [6, 6.07) is 12.4. The summed E-state index contributed by atoms with van der Waals surface area (Å²) in [5.41, 5.74) is 2.04. The van der Waals surface area contributed by atoms with Crippen molar-refractivity contribution in [1.82, 2.24) is 4.98 Å². The zero-order valence-electron chi connectivity index (χ0n) is 15.9. The molecule has 1 saturated heterocycles. The van der Waals surface area contributed by atoms with Gasteiger partial charge in [-0.05, 0) is 30.3 Å². The summed E-state index contributed by atoms with van der Waals surface area (Å²) in [5.74, 6) is -0.249. The third-order valence-corrected chi connectivity index (χ3v) is 6.12. The van der Waals surface area contributed by atoms with Gasteiger partial charge >= 0.3 is 0 Å². The van der Waals surface area contributed by atoms with Gasteiger partial charge in [-0.15, -0.1) is 11.3 Å². The lowest BCUT2D eigenvalue weighted by Gasteiger charge is -2.19. The van der Waals surface area contributed by atoms with Crippen molar-refractivity contribution in [3.8, 4) is 17.0 Å². The van der Waals surface area contributed by atoms with Crippen LogP contribution < -0.4 is 15.0 Å². The molecule has 0 spiro atoms. The van der Waals surface area contributed by atoms with E-state index in [1.807, 2.05) is 17.5 Å². The van der Waals surface area contributed by atoms with Crippen LogP contribution in [0.3, 0.4) is 0 Å². The van der Waals surface area contributed by atoms with Crippen LogP contribution in [-0.4, -0.2) is 30.5 Å². The normalized spacial score (nSPS) is 16.0. The van der Waals surface area contributed by atoms with Crippen LogP contribution in [0.5, 0.6) is 5.75 Å². The average Bonchev–Trinajstić information content (AvgIpc) is 3.34. The number of ether oxygens (including phenoxy) is 1. The molecule has 9 heteroatoms. The molecule has 4 rings (SSSR count). The second-order valence-corrected chi connectivity index (χ2v) is 8.43. The molecular formula is C21H17Cl2N3O3S. The van der Waals surface area contributed by atoms with Crippen LogP contribution in [0.1, 0.15) is 6.42 Å². The summed E-state index contributed by atoms with van der Waals surface area (Å²) in [4.78, 5) is 31.3. The molecule has 3 aromatic rings. The number of nitrogens with zero attached hydrogens (tertiary/aromatic N) is 2. The van der Waals surface area contributed by atoms with Gasteiger partial charge in [0.2, 0.25) is 11.8 Å². The number of methoxy groups -OCH3 is 1. The number of hydrogen-bond donors (Lipinski definition) is 1. The zero-order valence-corrected chi connectivity index (χ0v) is 18.2. The number of amides is 2. The third-order valence-electron chi connectivity index (χ3n) is 4.81. The molecule has 0 radical (unpaired) electrons. The highest BCUT2D eigenvalue weighted by Crippen LogP contribution is 2.34. The topological polar surface area (TPSA) is 71.5 Å². The maximum Gasteiger partial charge on any atom is 0.231 e. The van der Waals surface area contributed by atoms with Crippen molar-refractivity contribution in [2.24, 2.45) is 5.92 Å². The Hall–Kier alpha value is -2.61. The molecule has 2 amide bonds. The van der Waals surface area contributed by atoms with Crippen molar-refractivity contribution in [2.75, 3.05) is 23.9 Å². The number of aromatic nitrogens is 1. The van der Waals surface area contributed by atoms with E-state index in [0.717, 1.165) is 5.56 Å². The summed E-state index contributed by atoms with van der Waals surface area (Å²) >= 11 is 13.5. The van der Waals surface area contributed by atoms with Crippen LogP contribution in [-0.2, 0) is 9.59 Å². The Labute approximate surface area is 187 Å². The second kappa shape index (κ2) is 8.63. The predicted molar refractivity (Wildman–Crippen MR) is 120 cm³/mol. The molecule has 0 saturated carbocycles. The highest BCUT2D eigenvalue weighted by Gasteiger charge is 2.36. The Kier molecular flexibility index (Phi) is 5.94. The minimum absolute atomic E-state index is 0.118. The van der Waals surface area contributed by atoms with Crippen LogP contribution >= 0.6 is 34.5 Å². The monoisotopic (exact) mass is 461 g/mol. The van der Waals surface area contributed by atoms with Gasteiger partial charge in [0.15, 0.2) is 5.13 Å². The summed E-state index contributed by atoms with van der Waals surface area (Å²) in [7, 11) is 1.55. The molecule has 2 aromatic carbocycles. The summed E-state index contributed by atoms with van der Waals surface area (Å²) in [6.45, 7) is 0.284. The fourth-order valence-corrected chi connectivity index (χ4v) is 4.55. The van der Waals surface area contributed by atoms with E-state index < -0.39 is 5.92 Å². The molecule has 30 heavy (non-hydrogen) atoms. The molecule has 1 N–H and O–H groups in total. The van der Waals surface area contributed by atoms with Gasteiger partial charge in [0.05, 0.1) is 29.4 Å². The quantitative estimate of drug-likeness (QED) is 0.572. The standard InChI is InChI=1S/C21H17Cl2N3O3S/c1-29-18-5-3-2-4-17(18)26-10-12(8-19(26)27)20(28)25-21-24-16(11-30-21)14-7-6-13(22)9-15(14)23/h2-7,9,11-12H,8,10H2,1H3,(H,24,25,28). The van der Waals surface area contributed by atoms with E-state index in [4.69, 9.17) is 27.9 Å². The lowest BCUT2D eigenvalue weighted by molar-refractivity contribution is -0.122. The zero-order chi connectivity index (χ0) is 21.3. The Morgan fingerprint density at radius 1 is 1.27 bits per heavy atom. The molecule has 154 valence electrons. The van der Waals surface area contributed by atoms with Gasteiger partial charge < -0.3 is 15.0 Å². The number of anilines is 2. The van der Waals surface area contributed by atoms with Crippen molar-refractivity contribution >= 4 is 57.2 Å². The molecule has 1 unspecified atom stereocenters. The smallest absolute Gasteiger partial charge is 0.231 e. The first-order valence-corrected chi connectivity index (χ1v) is 10.7. The van der Waals surface area contributed by atoms with E-state index in [-0.39, 0.29) is 24.8 Å². The summed E-state index contributed by atoms with van der Waals surface area (Å²) in [6.07, 6.45) is 0.130. The molecule has 1 fully saturated rings. The maximum absolute atomic E-state index is 12.8. The van der Waals surface area contributed by atoms with Crippen molar-refractivity contribution in [3.05, 3.63) is 57.9 Å². The fourth-order valence-electron chi connectivity index (χ4n) is 3.33.